The number of oxazole rings is 1. The quantitative estimate of drug-likeness (QED) is 0.788. The van der Waals surface area contributed by atoms with Crippen LogP contribution < -0.4 is 10.6 Å². The number of hydrogen-bond donors (Lipinski definition) is 3. The maximum absolute atomic E-state index is 12.0. The minimum absolute atomic E-state index is 0.0386. The van der Waals surface area contributed by atoms with Gasteiger partial charge in [-0.3, -0.25) is 0 Å². The molecule has 1 aromatic heterocycles. The first-order valence-corrected chi connectivity index (χ1v) is 7.93. The molecule has 0 bridgehead atoms. The highest BCUT2D eigenvalue weighted by Crippen LogP contribution is 2.27. The van der Waals surface area contributed by atoms with E-state index in [0.717, 1.165) is 11.9 Å². The molecule has 1 aromatic carbocycles. The monoisotopic (exact) mass is 319 g/mol. The largest absolute Gasteiger partial charge is 0.440 e. The molecular formula is C17H25N3O3. The molecule has 0 aliphatic heterocycles. The van der Waals surface area contributed by atoms with Gasteiger partial charge in [0.25, 0.3) is 0 Å². The van der Waals surface area contributed by atoms with E-state index in [9.17, 15) is 4.79 Å². The molecule has 1 atom stereocenters. The number of hydrogen-bond acceptors (Lipinski definition) is 4. The molecule has 0 radical (unpaired) electrons. The third kappa shape index (κ3) is 4.45. The number of aromatic nitrogens is 1. The van der Waals surface area contributed by atoms with E-state index >= 15 is 0 Å². The highest BCUT2D eigenvalue weighted by Gasteiger charge is 2.21. The lowest BCUT2D eigenvalue weighted by atomic mass is 9.97. The fourth-order valence-corrected chi connectivity index (χ4v) is 2.21. The number of aliphatic hydroxyl groups is 1. The van der Waals surface area contributed by atoms with Crippen molar-refractivity contribution in [2.24, 2.45) is 0 Å². The summed E-state index contributed by atoms with van der Waals surface area (Å²) in [6.07, 6.45) is 1.31. The first kappa shape index (κ1) is 17.3. The summed E-state index contributed by atoms with van der Waals surface area (Å²) in [7, 11) is 0. The van der Waals surface area contributed by atoms with E-state index < -0.39 is 0 Å². The average Bonchev–Trinajstić information content (AvgIpc) is 2.90. The molecular weight excluding hydrogens is 294 g/mol. The van der Waals surface area contributed by atoms with Crippen molar-refractivity contribution in [3.05, 3.63) is 24.1 Å². The highest BCUT2D eigenvalue weighted by atomic mass is 16.3. The molecule has 0 saturated heterocycles. The number of fused-ring (bicyclic) bond motifs is 1. The molecule has 2 rings (SSSR count). The topological polar surface area (TPSA) is 87.4 Å². The molecule has 2 amide bonds. The molecule has 126 valence electrons. The molecule has 23 heavy (non-hydrogen) atoms. The van der Waals surface area contributed by atoms with E-state index in [1.807, 2.05) is 27.7 Å². The van der Waals surface area contributed by atoms with Gasteiger partial charge in [-0.2, -0.15) is 0 Å². The standard InChI is InChI=1S/C17H25N3O3/c1-5-11(8-9-21)18-16(22)19-12-6-7-14-13(10-12)20-15(23-14)17(2,3)4/h6-7,10-11,21H,5,8-9H2,1-4H3,(H2,18,19,22). The summed E-state index contributed by atoms with van der Waals surface area (Å²) in [4.78, 5) is 16.5. The summed E-state index contributed by atoms with van der Waals surface area (Å²) in [5.74, 6) is 0.670. The van der Waals surface area contributed by atoms with E-state index in [4.69, 9.17) is 9.52 Å². The Labute approximate surface area is 136 Å². The Morgan fingerprint density at radius 3 is 2.74 bits per heavy atom. The van der Waals surface area contributed by atoms with Gasteiger partial charge in [-0.1, -0.05) is 27.7 Å². The molecule has 0 spiro atoms. The van der Waals surface area contributed by atoms with Crippen LogP contribution in [0.15, 0.2) is 22.6 Å². The Bertz CT molecular complexity index is 673. The molecule has 6 heteroatoms. The second-order valence-electron chi connectivity index (χ2n) is 6.67. The van der Waals surface area contributed by atoms with Crippen LogP contribution in [0.2, 0.25) is 0 Å². The summed E-state index contributed by atoms with van der Waals surface area (Å²) >= 11 is 0. The number of carbonyl (C=O) groups is 1. The van der Waals surface area contributed by atoms with Crippen LogP contribution in [0.5, 0.6) is 0 Å². The normalized spacial score (nSPS) is 13.1. The number of amides is 2. The van der Waals surface area contributed by atoms with Gasteiger partial charge < -0.3 is 20.2 Å². The highest BCUT2D eigenvalue weighted by molar-refractivity contribution is 5.91. The van der Waals surface area contributed by atoms with Crippen LogP contribution in [0.4, 0.5) is 10.5 Å². The van der Waals surface area contributed by atoms with Crippen molar-refractivity contribution in [3.8, 4) is 0 Å². The molecule has 0 aliphatic rings. The Morgan fingerprint density at radius 1 is 1.39 bits per heavy atom. The maximum Gasteiger partial charge on any atom is 0.319 e. The minimum Gasteiger partial charge on any atom is -0.440 e. The summed E-state index contributed by atoms with van der Waals surface area (Å²) in [5, 5.41) is 14.6. The van der Waals surface area contributed by atoms with E-state index in [1.165, 1.54) is 0 Å². The van der Waals surface area contributed by atoms with Crippen LogP contribution >= 0.6 is 0 Å². The van der Waals surface area contributed by atoms with E-state index in [-0.39, 0.29) is 24.1 Å². The maximum atomic E-state index is 12.0. The van der Waals surface area contributed by atoms with Gasteiger partial charge in [0.1, 0.15) is 5.52 Å². The molecule has 6 nitrogen and oxygen atoms in total. The van der Waals surface area contributed by atoms with Crippen molar-refractivity contribution in [2.45, 2.75) is 52.0 Å². The SMILES string of the molecule is CCC(CCO)NC(=O)Nc1ccc2oc(C(C)(C)C)nc2c1. The van der Waals surface area contributed by atoms with Gasteiger partial charge in [-0.05, 0) is 31.0 Å². The summed E-state index contributed by atoms with van der Waals surface area (Å²) in [6, 6.07) is 5.05. The van der Waals surface area contributed by atoms with Crippen LogP contribution in [0, 0.1) is 0 Å². The van der Waals surface area contributed by atoms with Crippen molar-refractivity contribution in [3.63, 3.8) is 0 Å². The van der Waals surface area contributed by atoms with Gasteiger partial charge in [-0.15, -0.1) is 0 Å². The fourth-order valence-electron chi connectivity index (χ4n) is 2.21. The first-order chi connectivity index (χ1) is 10.8. The van der Waals surface area contributed by atoms with E-state index in [1.54, 1.807) is 18.2 Å². The fraction of sp³-hybridized carbons (Fsp3) is 0.529. The summed E-state index contributed by atoms with van der Waals surface area (Å²) < 4.78 is 5.74. The number of anilines is 1. The lowest BCUT2D eigenvalue weighted by Crippen LogP contribution is -2.38. The van der Waals surface area contributed by atoms with Gasteiger partial charge in [0.15, 0.2) is 5.58 Å². The van der Waals surface area contributed by atoms with Crippen molar-refractivity contribution in [2.75, 3.05) is 11.9 Å². The zero-order chi connectivity index (χ0) is 17.0. The Hall–Kier alpha value is -2.08. The van der Waals surface area contributed by atoms with Crippen LogP contribution in [-0.4, -0.2) is 28.8 Å². The molecule has 3 N–H and O–H groups in total. The van der Waals surface area contributed by atoms with Crippen molar-refractivity contribution in [1.82, 2.24) is 10.3 Å². The summed E-state index contributed by atoms with van der Waals surface area (Å²) in [6.45, 7) is 8.14. The van der Waals surface area contributed by atoms with Gasteiger partial charge in [0.05, 0.1) is 0 Å². The van der Waals surface area contributed by atoms with E-state index in [0.29, 0.717) is 23.6 Å². The third-order valence-corrected chi connectivity index (χ3v) is 3.59. The number of nitrogens with zero attached hydrogens (tertiary/aromatic N) is 1. The lowest BCUT2D eigenvalue weighted by molar-refractivity contribution is 0.237. The molecule has 1 unspecified atom stereocenters. The predicted molar refractivity (Wildman–Crippen MR) is 90.6 cm³/mol. The Kier molecular flexibility index (Phi) is 5.26. The molecule has 0 aliphatic carbocycles. The molecule has 0 fully saturated rings. The number of benzene rings is 1. The van der Waals surface area contributed by atoms with Crippen LogP contribution in [0.3, 0.4) is 0 Å². The van der Waals surface area contributed by atoms with Gasteiger partial charge in [0, 0.05) is 23.8 Å². The third-order valence-electron chi connectivity index (χ3n) is 3.59. The Balaban J connectivity index is 2.10. The van der Waals surface area contributed by atoms with Gasteiger partial charge >= 0.3 is 6.03 Å². The van der Waals surface area contributed by atoms with Crippen molar-refractivity contribution < 1.29 is 14.3 Å². The minimum atomic E-state index is -0.288. The van der Waals surface area contributed by atoms with Crippen molar-refractivity contribution >= 4 is 22.8 Å². The number of urea groups is 1. The Morgan fingerprint density at radius 2 is 2.13 bits per heavy atom. The number of carbonyl (C=O) groups excluding carboxylic acids is 1. The van der Waals surface area contributed by atoms with Crippen LogP contribution in [0.25, 0.3) is 11.1 Å². The molecule has 0 saturated carbocycles. The average molecular weight is 319 g/mol. The van der Waals surface area contributed by atoms with E-state index in [2.05, 4.69) is 15.6 Å². The molecule has 1 heterocycles. The summed E-state index contributed by atoms with van der Waals surface area (Å²) in [5.41, 5.74) is 1.91. The molecule has 2 aromatic rings. The number of aliphatic hydroxyl groups excluding tert-OH is 1. The first-order valence-electron chi connectivity index (χ1n) is 7.93. The number of rotatable bonds is 5. The second-order valence-corrected chi connectivity index (χ2v) is 6.67. The van der Waals surface area contributed by atoms with Crippen LogP contribution in [0.1, 0.15) is 46.4 Å². The second kappa shape index (κ2) is 7.00. The zero-order valence-corrected chi connectivity index (χ0v) is 14.1. The van der Waals surface area contributed by atoms with Gasteiger partial charge in [0.2, 0.25) is 5.89 Å². The predicted octanol–water partition coefficient (Wildman–Crippen LogP) is 3.41. The number of nitrogens with one attached hydrogen (secondary N) is 2. The van der Waals surface area contributed by atoms with Crippen LogP contribution in [-0.2, 0) is 5.41 Å². The zero-order valence-electron chi connectivity index (χ0n) is 14.1. The van der Waals surface area contributed by atoms with Gasteiger partial charge in [-0.25, -0.2) is 9.78 Å². The smallest absolute Gasteiger partial charge is 0.319 e. The lowest BCUT2D eigenvalue weighted by Gasteiger charge is -2.16. The van der Waals surface area contributed by atoms with Crippen molar-refractivity contribution in [1.29, 1.82) is 0 Å².